The summed E-state index contributed by atoms with van der Waals surface area (Å²) in [4.78, 5) is 14.7. The maximum Gasteiger partial charge on any atom is 0.258 e. The van der Waals surface area contributed by atoms with Crippen LogP contribution in [0, 0.1) is 0 Å². The fourth-order valence-electron chi connectivity index (χ4n) is 3.44. The van der Waals surface area contributed by atoms with Crippen molar-refractivity contribution in [2.75, 3.05) is 33.4 Å². The lowest BCUT2D eigenvalue weighted by molar-refractivity contribution is -0.123. The molecule has 1 unspecified atom stereocenters. The summed E-state index contributed by atoms with van der Waals surface area (Å²) in [5.41, 5.74) is 1.22. The number of nitrogens with zero attached hydrogens (tertiary/aromatic N) is 2. The zero-order valence-corrected chi connectivity index (χ0v) is 15.5. The fourth-order valence-corrected chi connectivity index (χ4v) is 3.44. The van der Waals surface area contributed by atoms with E-state index in [4.69, 9.17) is 9.47 Å². The Morgan fingerprint density at radius 2 is 1.88 bits per heavy atom. The van der Waals surface area contributed by atoms with E-state index < -0.39 is 0 Å². The summed E-state index contributed by atoms with van der Waals surface area (Å²) < 4.78 is 13.0. The third kappa shape index (κ3) is 4.38. The number of para-hydroxylation sites is 2. The Kier molecular flexibility index (Phi) is 6.17. The van der Waals surface area contributed by atoms with Crippen LogP contribution in [0.25, 0.3) is 0 Å². The van der Waals surface area contributed by atoms with Gasteiger partial charge in [0, 0.05) is 25.5 Å². The van der Waals surface area contributed by atoms with Gasteiger partial charge < -0.3 is 19.4 Å². The van der Waals surface area contributed by atoms with E-state index >= 15 is 0 Å². The van der Waals surface area contributed by atoms with Gasteiger partial charge in [-0.25, -0.2) is 0 Å². The van der Waals surface area contributed by atoms with E-state index in [9.17, 15) is 4.79 Å². The van der Waals surface area contributed by atoms with Crippen LogP contribution in [-0.2, 0) is 11.8 Å². The molecule has 1 aromatic carbocycles. The lowest BCUT2D eigenvalue weighted by Gasteiger charge is -2.28. The van der Waals surface area contributed by atoms with Crippen LogP contribution in [0.1, 0.15) is 24.6 Å². The Balaban J connectivity index is 1.56. The highest BCUT2D eigenvalue weighted by Crippen LogP contribution is 2.26. The second kappa shape index (κ2) is 8.76. The maximum absolute atomic E-state index is 12.3. The number of hydrogen-bond donors (Lipinski definition) is 1. The summed E-state index contributed by atoms with van der Waals surface area (Å²) in [6.45, 7) is 2.69. The van der Waals surface area contributed by atoms with Crippen molar-refractivity contribution in [3.05, 3.63) is 48.3 Å². The number of benzene rings is 1. The first kappa shape index (κ1) is 18.3. The molecule has 1 aliphatic heterocycles. The molecule has 6 heteroatoms. The molecule has 1 atom stereocenters. The highest BCUT2D eigenvalue weighted by molar-refractivity contribution is 5.77. The molecule has 6 nitrogen and oxygen atoms in total. The summed E-state index contributed by atoms with van der Waals surface area (Å²) in [7, 11) is 3.63. The first-order chi connectivity index (χ1) is 12.7. The van der Waals surface area contributed by atoms with E-state index in [1.807, 2.05) is 37.5 Å². The normalized spacial score (nSPS) is 15.6. The molecular weight excluding hydrogens is 330 g/mol. The average molecular weight is 357 g/mol. The predicted octanol–water partition coefficient (Wildman–Crippen LogP) is 2.37. The molecule has 1 fully saturated rings. The van der Waals surface area contributed by atoms with Gasteiger partial charge in [0.2, 0.25) is 0 Å². The number of methoxy groups -OCH3 is 1. The van der Waals surface area contributed by atoms with Gasteiger partial charge in [0.25, 0.3) is 5.91 Å². The molecule has 1 aliphatic rings. The predicted molar refractivity (Wildman–Crippen MR) is 100 cm³/mol. The molecular formula is C20H27N3O3. The number of amides is 1. The summed E-state index contributed by atoms with van der Waals surface area (Å²) >= 11 is 0. The minimum absolute atomic E-state index is 0.0275. The zero-order chi connectivity index (χ0) is 18.4. The van der Waals surface area contributed by atoms with Gasteiger partial charge in [-0.05, 0) is 50.2 Å². The molecule has 0 radical (unpaired) electrons. The third-order valence-corrected chi connectivity index (χ3v) is 4.83. The quantitative estimate of drug-likeness (QED) is 0.788. The third-order valence-electron chi connectivity index (χ3n) is 4.83. The second-order valence-corrected chi connectivity index (χ2v) is 6.55. The Bertz CT molecular complexity index is 723. The van der Waals surface area contributed by atoms with Crippen molar-refractivity contribution >= 4 is 5.91 Å². The maximum atomic E-state index is 12.3. The summed E-state index contributed by atoms with van der Waals surface area (Å²) in [6, 6.07) is 11.7. The highest BCUT2D eigenvalue weighted by Gasteiger charge is 2.25. The van der Waals surface area contributed by atoms with Crippen LogP contribution < -0.4 is 14.8 Å². The van der Waals surface area contributed by atoms with Gasteiger partial charge in [0.1, 0.15) is 0 Å². The topological polar surface area (TPSA) is 55.7 Å². The van der Waals surface area contributed by atoms with Crippen LogP contribution in [0.2, 0.25) is 0 Å². The number of hydrogen-bond acceptors (Lipinski definition) is 4. The van der Waals surface area contributed by atoms with Crippen molar-refractivity contribution in [1.82, 2.24) is 14.8 Å². The number of aryl methyl sites for hydroxylation is 1. The number of ether oxygens (including phenoxy) is 2. The average Bonchev–Trinajstić information content (AvgIpc) is 3.33. The van der Waals surface area contributed by atoms with Crippen LogP contribution in [0.3, 0.4) is 0 Å². The second-order valence-electron chi connectivity index (χ2n) is 6.55. The van der Waals surface area contributed by atoms with E-state index in [1.54, 1.807) is 13.2 Å². The first-order valence-corrected chi connectivity index (χ1v) is 9.07. The molecule has 1 N–H and O–H groups in total. The van der Waals surface area contributed by atoms with Crippen molar-refractivity contribution < 1.29 is 14.3 Å². The Labute approximate surface area is 154 Å². The minimum Gasteiger partial charge on any atom is -0.493 e. The molecule has 1 aromatic heterocycles. The molecule has 1 saturated heterocycles. The fraction of sp³-hybridized carbons (Fsp3) is 0.450. The summed E-state index contributed by atoms with van der Waals surface area (Å²) in [6.07, 6.45) is 4.47. The van der Waals surface area contributed by atoms with E-state index in [0.717, 1.165) is 13.1 Å². The van der Waals surface area contributed by atoms with Crippen molar-refractivity contribution in [1.29, 1.82) is 0 Å². The molecule has 140 valence electrons. The van der Waals surface area contributed by atoms with Crippen LogP contribution in [0.4, 0.5) is 0 Å². The van der Waals surface area contributed by atoms with E-state index in [1.165, 1.54) is 18.5 Å². The van der Waals surface area contributed by atoms with Gasteiger partial charge in [0.15, 0.2) is 18.1 Å². The Hall–Kier alpha value is -2.47. The number of likely N-dealkylation sites (tertiary alicyclic amines) is 1. The molecule has 2 heterocycles. The van der Waals surface area contributed by atoms with Gasteiger partial charge in [-0.15, -0.1) is 0 Å². The van der Waals surface area contributed by atoms with E-state index in [0.29, 0.717) is 18.0 Å². The molecule has 26 heavy (non-hydrogen) atoms. The highest BCUT2D eigenvalue weighted by atomic mass is 16.5. The van der Waals surface area contributed by atoms with Crippen molar-refractivity contribution in [2.45, 2.75) is 18.9 Å². The minimum atomic E-state index is -0.130. The summed E-state index contributed by atoms with van der Waals surface area (Å²) in [5.74, 6) is 1.07. The van der Waals surface area contributed by atoms with Gasteiger partial charge in [-0.3, -0.25) is 9.69 Å². The lowest BCUT2D eigenvalue weighted by Crippen LogP contribution is -2.39. The van der Waals surface area contributed by atoms with Crippen LogP contribution in [0.5, 0.6) is 11.5 Å². The van der Waals surface area contributed by atoms with Crippen LogP contribution in [0.15, 0.2) is 42.6 Å². The van der Waals surface area contributed by atoms with Gasteiger partial charge >= 0.3 is 0 Å². The molecule has 0 spiro atoms. The molecule has 1 amide bonds. The largest absolute Gasteiger partial charge is 0.493 e. The SMILES string of the molecule is COc1ccccc1OCC(=O)NCC(c1cccn1C)N1CCCC1. The van der Waals surface area contributed by atoms with Crippen LogP contribution in [-0.4, -0.2) is 48.7 Å². The monoisotopic (exact) mass is 357 g/mol. The van der Waals surface area contributed by atoms with Crippen molar-refractivity contribution in [3.8, 4) is 11.5 Å². The molecule has 2 aromatic rings. The smallest absolute Gasteiger partial charge is 0.258 e. The number of carbonyl (C=O) groups is 1. The number of nitrogens with one attached hydrogen (secondary N) is 1. The molecule has 0 saturated carbocycles. The first-order valence-electron chi connectivity index (χ1n) is 9.07. The van der Waals surface area contributed by atoms with E-state index in [2.05, 4.69) is 20.9 Å². The number of aromatic nitrogens is 1. The summed E-state index contributed by atoms with van der Waals surface area (Å²) in [5, 5.41) is 3.02. The Morgan fingerprint density at radius 3 is 2.54 bits per heavy atom. The zero-order valence-electron chi connectivity index (χ0n) is 15.5. The van der Waals surface area contributed by atoms with Crippen molar-refractivity contribution in [2.24, 2.45) is 7.05 Å². The van der Waals surface area contributed by atoms with Gasteiger partial charge in [-0.2, -0.15) is 0 Å². The van der Waals surface area contributed by atoms with Crippen LogP contribution >= 0.6 is 0 Å². The molecule has 0 bridgehead atoms. The van der Waals surface area contributed by atoms with Crippen molar-refractivity contribution in [3.63, 3.8) is 0 Å². The Morgan fingerprint density at radius 1 is 1.15 bits per heavy atom. The molecule has 3 rings (SSSR count). The van der Waals surface area contributed by atoms with Gasteiger partial charge in [0.05, 0.1) is 13.2 Å². The number of carbonyl (C=O) groups excluding carboxylic acids is 1. The number of rotatable bonds is 8. The molecule has 0 aliphatic carbocycles. The van der Waals surface area contributed by atoms with Gasteiger partial charge in [-0.1, -0.05) is 12.1 Å². The standard InChI is InChI=1S/C20H27N3O3/c1-22-11-7-8-16(22)17(23-12-5-6-13-23)14-21-20(24)15-26-19-10-4-3-9-18(19)25-2/h3-4,7-11,17H,5-6,12-15H2,1-2H3,(H,21,24). The van der Waals surface area contributed by atoms with E-state index in [-0.39, 0.29) is 18.6 Å². The lowest BCUT2D eigenvalue weighted by atomic mass is 10.1.